The van der Waals surface area contributed by atoms with Crippen molar-refractivity contribution in [3.05, 3.63) is 0 Å². The summed E-state index contributed by atoms with van der Waals surface area (Å²) in [6, 6.07) is 0. The van der Waals surface area contributed by atoms with E-state index in [1.54, 1.807) is 13.8 Å². The fourth-order valence-corrected chi connectivity index (χ4v) is 0.978. The van der Waals surface area contributed by atoms with Gasteiger partial charge in [0.2, 0.25) is 11.8 Å². The Hall–Kier alpha value is -1.06. The van der Waals surface area contributed by atoms with Gasteiger partial charge in [0.25, 0.3) is 0 Å². The molecule has 0 saturated carbocycles. The van der Waals surface area contributed by atoms with Gasteiger partial charge in [0, 0.05) is 13.0 Å². The highest BCUT2D eigenvalue weighted by molar-refractivity contribution is 5.92. The minimum Gasteiger partial charge on any atom is -0.354 e. The van der Waals surface area contributed by atoms with E-state index in [9.17, 15) is 9.59 Å². The van der Waals surface area contributed by atoms with Gasteiger partial charge in [-0.25, -0.2) is 0 Å². The van der Waals surface area contributed by atoms with E-state index in [0.717, 1.165) is 0 Å². The fourth-order valence-electron chi connectivity index (χ4n) is 0.978. The number of hydrogen-bond acceptors (Lipinski definition) is 2. The van der Waals surface area contributed by atoms with Crippen LogP contribution in [-0.2, 0) is 9.59 Å². The van der Waals surface area contributed by atoms with Crippen LogP contribution < -0.4 is 10.6 Å². The Balaban J connectivity index is 2.76. The Morgan fingerprint density at radius 3 is 2.64 bits per heavy atom. The third-order valence-corrected chi connectivity index (χ3v) is 1.66. The zero-order valence-corrected chi connectivity index (χ0v) is 6.73. The summed E-state index contributed by atoms with van der Waals surface area (Å²) < 4.78 is 0. The standard InChI is InChI=1S/C7H12N2O2/c1-7(2)6(11)8-4-3-5(10)9-7/h3-4H2,1-2H3,(H,8,11)(H,9,10). The largest absolute Gasteiger partial charge is 0.354 e. The molecule has 1 saturated heterocycles. The van der Waals surface area contributed by atoms with Crippen LogP contribution in [0.25, 0.3) is 0 Å². The van der Waals surface area contributed by atoms with Gasteiger partial charge < -0.3 is 10.6 Å². The maximum Gasteiger partial charge on any atom is 0.245 e. The molecular formula is C7H12N2O2. The van der Waals surface area contributed by atoms with Crippen LogP contribution in [0.3, 0.4) is 0 Å². The monoisotopic (exact) mass is 156 g/mol. The molecule has 4 heteroatoms. The summed E-state index contributed by atoms with van der Waals surface area (Å²) in [6.45, 7) is 3.81. The van der Waals surface area contributed by atoms with E-state index < -0.39 is 5.54 Å². The third kappa shape index (κ3) is 1.69. The second-order valence-electron chi connectivity index (χ2n) is 3.18. The molecule has 0 spiro atoms. The Bertz CT molecular complexity index is 199. The number of rotatable bonds is 0. The normalized spacial score (nSPS) is 23.5. The van der Waals surface area contributed by atoms with E-state index in [2.05, 4.69) is 10.6 Å². The van der Waals surface area contributed by atoms with Crippen LogP contribution in [0.1, 0.15) is 20.3 Å². The molecule has 0 radical (unpaired) electrons. The molecule has 0 unspecified atom stereocenters. The molecule has 0 aliphatic carbocycles. The van der Waals surface area contributed by atoms with Crippen LogP contribution in [0, 0.1) is 0 Å². The first-order valence-corrected chi connectivity index (χ1v) is 3.62. The summed E-state index contributed by atoms with van der Waals surface area (Å²) in [5, 5.41) is 5.26. The molecular weight excluding hydrogens is 144 g/mol. The lowest BCUT2D eigenvalue weighted by atomic mass is 10.1. The van der Waals surface area contributed by atoms with Gasteiger partial charge in [0.15, 0.2) is 0 Å². The number of carbonyl (C=O) groups excluding carboxylic acids is 2. The van der Waals surface area contributed by atoms with Crippen molar-refractivity contribution < 1.29 is 9.59 Å². The van der Waals surface area contributed by atoms with E-state index in [-0.39, 0.29) is 11.8 Å². The van der Waals surface area contributed by atoms with Crippen molar-refractivity contribution in [3.8, 4) is 0 Å². The van der Waals surface area contributed by atoms with Gasteiger partial charge in [0.05, 0.1) is 0 Å². The molecule has 0 aromatic heterocycles. The molecule has 11 heavy (non-hydrogen) atoms. The lowest BCUT2D eigenvalue weighted by molar-refractivity contribution is -0.129. The molecule has 1 fully saturated rings. The molecule has 1 aliphatic heterocycles. The molecule has 0 bridgehead atoms. The van der Waals surface area contributed by atoms with Crippen molar-refractivity contribution in [1.29, 1.82) is 0 Å². The lowest BCUT2D eigenvalue weighted by Gasteiger charge is -2.21. The quantitative estimate of drug-likeness (QED) is 0.492. The van der Waals surface area contributed by atoms with Crippen molar-refractivity contribution in [2.45, 2.75) is 25.8 Å². The van der Waals surface area contributed by atoms with Crippen LogP contribution in [0.2, 0.25) is 0 Å². The van der Waals surface area contributed by atoms with Gasteiger partial charge in [-0.1, -0.05) is 0 Å². The molecule has 1 rings (SSSR count). The van der Waals surface area contributed by atoms with Crippen molar-refractivity contribution in [3.63, 3.8) is 0 Å². The molecule has 1 aliphatic rings. The van der Waals surface area contributed by atoms with Crippen LogP contribution >= 0.6 is 0 Å². The van der Waals surface area contributed by atoms with Gasteiger partial charge in [-0.3, -0.25) is 9.59 Å². The molecule has 0 aromatic carbocycles. The second kappa shape index (κ2) is 2.53. The smallest absolute Gasteiger partial charge is 0.245 e. The molecule has 0 aromatic rings. The zero-order valence-electron chi connectivity index (χ0n) is 6.73. The zero-order chi connectivity index (χ0) is 8.48. The Labute approximate surface area is 65.3 Å². The van der Waals surface area contributed by atoms with Gasteiger partial charge in [-0.05, 0) is 13.8 Å². The Kier molecular flexibility index (Phi) is 1.85. The van der Waals surface area contributed by atoms with Gasteiger partial charge >= 0.3 is 0 Å². The van der Waals surface area contributed by atoms with Crippen molar-refractivity contribution in [2.75, 3.05) is 6.54 Å². The first kappa shape index (κ1) is 8.04. The topological polar surface area (TPSA) is 58.2 Å². The minimum absolute atomic E-state index is 0.0756. The molecule has 2 N–H and O–H groups in total. The average molecular weight is 156 g/mol. The molecule has 2 amide bonds. The second-order valence-corrected chi connectivity index (χ2v) is 3.18. The highest BCUT2D eigenvalue weighted by Gasteiger charge is 2.31. The van der Waals surface area contributed by atoms with Crippen molar-refractivity contribution in [1.82, 2.24) is 10.6 Å². The van der Waals surface area contributed by atoms with Gasteiger partial charge in [-0.15, -0.1) is 0 Å². The first-order chi connectivity index (χ1) is 5.02. The van der Waals surface area contributed by atoms with E-state index in [4.69, 9.17) is 0 Å². The molecule has 0 atom stereocenters. The predicted octanol–water partition coefficient (Wildman–Crippen LogP) is -0.599. The van der Waals surface area contributed by atoms with Crippen molar-refractivity contribution in [2.24, 2.45) is 0 Å². The molecule has 1 heterocycles. The number of nitrogens with one attached hydrogen (secondary N) is 2. The van der Waals surface area contributed by atoms with E-state index in [1.165, 1.54) is 0 Å². The lowest BCUT2D eigenvalue weighted by Crippen LogP contribution is -2.51. The van der Waals surface area contributed by atoms with Crippen LogP contribution in [0.4, 0.5) is 0 Å². The highest BCUT2D eigenvalue weighted by Crippen LogP contribution is 2.04. The van der Waals surface area contributed by atoms with E-state index >= 15 is 0 Å². The van der Waals surface area contributed by atoms with Crippen LogP contribution in [0.5, 0.6) is 0 Å². The van der Waals surface area contributed by atoms with Gasteiger partial charge in [0.1, 0.15) is 5.54 Å². The molecule has 4 nitrogen and oxygen atoms in total. The van der Waals surface area contributed by atoms with Crippen LogP contribution in [-0.4, -0.2) is 23.9 Å². The summed E-state index contributed by atoms with van der Waals surface area (Å²) >= 11 is 0. The summed E-state index contributed by atoms with van der Waals surface area (Å²) in [7, 11) is 0. The highest BCUT2D eigenvalue weighted by atomic mass is 16.2. The maximum atomic E-state index is 11.2. The number of hydrogen-bond donors (Lipinski definition) is 2. The van der Waals surface area contributed by atoms with Crippen LogP contribution in [0.15, 0.2) is 0 Å². The fraction of sp³-hybridized carbons (Fsp3) is 0.714. The van der Waals surface area contributed by atoms with Crippen molar-refractivity contribution >= 4 is 11.8 Å². The Morgan fingerprint density at radius 1 is 1.36 bits per heavy atom. The summed E-state index contributed by atoms with van der Waals surface area (Å²) in [6.07, 6.45) is 0.370. The maximum absolute atomic E-state index is 11.2. The number of carbonyl (C=O) groups is 2. The summed E-state index contributed by atoms with van der Waals surface area (Å²) in [4.78, 5) is 22.1. The van der Waals surface area contributed by atoms with E-state index in [0.29, 0.717) is 13.0 Å². The SMILES string of the molecule is CC1(C)NC(=O)CCNC1=O. The molecule has 62 valence electrons. The van der Waals surface area contributed by atoms with E-state index in [1.807, 2.05) is 0 Å². The van der Waals surface area contributed by atoms with Gasteiger partial charge in [-0.2, -0.15) is 0 Å². The number of amides is 2. The minimum atomic E-state index is -0.756. The average Bonchev–Trinajstić information content (AvgIpc) is 1.93. The third-order valence-electron chi connectivity index (χ3n) is 1.66. The predicted molar refractivity (Wildman–Crippen MR) is 39.8 cm³/mol. The summed E-state index contributed by atoms with van der Waals surface area (Å²) in [5.41, 5.74) is -0.756. The Morgan fingerprint density at radius 2 is 2.00 bits per heavy atom. The first-order valence-electron chi connectivity index (χ1n) is 3.62. The summed E-state index contributed by atoms with van der Waals surface area (Å²) in [5.74, 6) is -0.197.